The van der Waals surface area contributed by atoms with Crippen molar-refractivity contribution in [3.05, 3.63) is 95.5 Å². The monoisotopic (exact) mass is 552 g/mol. The number of benzene rings is 6. The fourth-order valence-corrected chi connectivity index (χ4v) is 5.58. The lowest BCUT2D eigenvalue weighted by Crippen LogP contribution is -2.04. The van der Waals surface area contributed by atoms with Gasteiger partial charge in [0.15, 0.2) is 13.6 Å². The van der Waals surface area contributed by atoms with Crippen LogP contribution in [0.3, 0.4) is 0 Å². The highest BCUT2D eigenvalue weighted by atomic mass is 79.9. The molecule has 0 aliphatic rings. The van der Waals surface area contributed by atoms with Crippen molar-refractivity contribution in [3.63, 3.8) is 0 Å². The molecule has 0 atom stereocenters. The minimum atomic E-state index is 0.121. The van der Waals surface area contributed by atoms with E-state index in [9.17, 15) is 0 Å². The fraction of sp³-hybridized carbons (Fsp3) is 0.125. The van der Waals surface area contributed by atoms with Gasteiger partial charge in [-0.2, -0.15) is 0 Å². The van der Waals surface area contributed by atoms with E-state index in [-0.39, 0.29) is 13.6 Å². The Bertz CT molecular complexity index is 1780. The third-order valence-corrected chi connectivity index (χ3v) is 7.21. The van der Waals surface area contributed by atoms with Gasteiger partial charge >= 0.3 is 0 Å². The summed E-state index contributed by atoms with van der Waals surface area (Å²) in [6.45, 7) is 0.264. The summed E-state index contributed by atoms with van der Waals surface area (Å²) in [4.78, 5) is 0. The Balaban J connectivity index is 1.84. The van der Waals surface area contributed by atoms with Crippen molar-refractivity contribution in [3.8, 4) is 22.6 Å². The number of methoxy groups -OCH3 is 2. The zero-order chi connectivity index (χ0) is 25.4. The van der Waals surface area contributed by atoms with Gasteiger partial charge in [-0.1, -0.05) is 82.7 Å². The molecule has 0 fully saturated rings. The minimum Gasteiger partial charge on any atom is -0.467 e. The second-order valence-electron chi connectivity index (χ2n) is 8.86. The van der Waals surface area contributed by atoms with Crippen molar-refractivity contribution in [1.29, 1.82) is 0 Å². The Morgan fingerprint density at radius 3 is 2.03 bits per heavy atom. The minimum absolute atomic E-state index is 0.121. The maximum atomic E-state index is 6.43. The lowest BCUT2D eigenvalue weighted by atomic mass is 9.87. The molecule has 37 heavy (non-hydrogen) atoms. The maximum Gasteiger partial charge on any atom is 0.188 e. The Kier molecular flexibility index (Phi) is 6.43. The van der Waals surface area contributed by atoms with Crippen LogP contribution in [0, 0.1) is 0 Å². The van der Waals surface area contributed by atoms with Crippen LogP contribution in [0.15, 0.2) is 95.5 Å². The maximum absolute atomic E-state index is 6.43. The molecular formula is C32H25BrO4. The molecule has 0 aromatic heterocycles. The molecule has 0 heterocycles. The molecule has 6 aromatic carbocycles. The molecule has 0 saturated carbocycles. The highest BCUT2D eigenvalue weighted by Crippen LogP contribution is 2.50. The Morgan fingerprint density at radius 1 is 0.568 bits per heavy atom. The second kappa shape index (κ2) is 10.0. The molecule has 0 aliphatic carbocycles. The van der Waals surface area contributed by atoms with E-state index in [1.807, 2.05) is 12.1 Å². The summed E-state index contributed by atoms with van der Waals surface area (Å²) in [6.07, 6.45) is 0. The van der Waals surface area contributed by atoms with Crippen molar-refractivity contribution in [1.82, 2.24) is 0 Å². The number of ether oxygens (including phenoxy) is 4. The molecule has 6 aromatic rings. The molecule has 5 heteroatoms. The zero-order valence-corrected chi connectivity index (χ0v) is 22.2. The van der Waals surface area contributed by atoms with Gasteiger partial charge in [0.25, 0.3) is 0 Å². The third kappa shape index (κ3) is 4.09. The topological polar surface area (TPSA) is 36.9 Å². The van der Waals surface area contributed by atoms with Crippen LogP contribution in [-0.2, 0) is 9.47 Å². The molecule has 0 spiro atoms. The van der Waals surface area contributed by atoms with E-state index in [2.05, 4.69) is 94.8 Å². The number of hydrogen-bond donors (Lipinski definition) is 0. The number of rotatable bonds is 7. The average molecular weight is 553 g/mol. The van der Waals surface area contributed by atoms with Gasteiger partial charge in [0.1, 0.15) is 11.5 Å². The van der Waals surface area contributed by atoms with Gasteiger partial charge < -0.3 is 18.9 Å². The van der Waals surface area contributed by atoms with Crippen molar-refractivity contribution < 1.29 is 18.9 Å². The standard InChI is InChI=1S/C32H25BrO4/c1-34-18-36-28-16-13-20-7-3-4-8-23(20)30(28)31-25-10-6-5-9-24(25)29-26(32(31)37-19-35-2)15-12-21-11-14-22(33)17-27(21)29/h3-17H,18-19H2,1-2H3. The summed E-state index contributed by atoms with van der Waals surface area (Å²) < 4.78 is 24.3. The lowest BCUT2D eigenvalue weighted by Gasteiger charge is -2.22. The number of halogens is 1. The first-order chi connectivity index (χ1) is 18.2. The highest BCUT2D eigenvalue weighted by molar-refractivity contribution is 9.10. The van der Waals surface area contributed by atoms with Crippen LogP contribution in [0.5, 0.6) is 11.5 Å². The van der Waals surface area contributed by atoms with E-state index in [0.29, 0.717) is 0 Å². The summed E-state index contributed by atoms with van der Waals surface area (Å²) >= 11 is 3.67. The fourth-order valence-electron chi connectivity index (χ4n) is 5.22. The molecule has 0 bridgehead atoms. The van der Waals surface area contributed by atoms with Crippen LogP contribution < -0.4 is 9.47 Å². The normalized spacial score (nSPS) is 11.5. The Morgan fingerprint density at radius 2 is 1.22 bits per heavy atom. The molecule has 0 aliphatic heterocycles. The quantitative estimate of drug-likeness (QED) is 0.146. The van der Waals surface area contributed by atoms with E-state index in [1.54, 1.807) is 14.2 Å². The van der Waals surface area contributed by atoms with E-state index in [4.69, 9.17) is 18.9 Å². The summed E-state index contributed by atoms with van der Waals surface area (Å²) in [7, 11) is 3.27. The molecule has 6 rings (SSSR count). The van der Waals surface area contributed by atoms with Crippen LogP contribution in [0.1, 0.15) is 0 Å². The molecule has 184 valence electrons. The largest absolute Gasteiger partial charge is 0.467 e. The third-order valence-electron chi connectivity index (χ3n) is 6.72. The number of fused-ring (bicyclic) bond motifs is 6. The highest BCUT2D eigenvalue weighted by Gasteiger charge is 2.23. The van der Waals surface area contributed by atoms with Crippen molar-refractivity contribution in [2.45, 2.75) is 0 Å². The van der Waals surface area contributed by atoms with E-state index in [1.165, 1.54) is 5.39 Å². The lowest BCUT2D eigenvalue weighted by molar-refractivity contribution is 0.0506. The van der Waals surface area contributed by atoms with Crippen molar-refractivity contribution >= 4 is 59.0 Å². The molecule has 4 nitrogen and oxygen atoms in total. The summed E-state index contributed by atoms with van der Waals surface area (Å²) in [6, 6.07) is 31.6. The summed E-state index contributed by atoms with van der Waals surface area (Å²) in [5.41, 5.74) is 1.94. The van der Waals surface area contributed by atoms with Crippen LogP contribution in [0.2, 0.25) is 0 Å². The van der Waals surface area contributed by atoms with E-state index < -0.39 is 0 Å². The zero-order valence-electron chi connectivity index (χ0n) is 20.6. The van der Waals surface area contributed by atoms with E-state index in [0.717, 1.165) is 64.8 Å². The Hall–Kier alpha value is -3.64. The molecule has 0 N–H and O–H groups in total. The molecule has 0 amide bonds. The van der Waals surface area contributed by atoms with Crippen LogP contribution in [0.25, 0.3) is 54.2 Å². The first-order valence-electron chi connectivity index (χ1n) is 12.0. The Labute approximate surface area is 223 Å². The average Bonchev–Trinajstić information content (AvgIpc) is 2.94. The molecule has 0 radical (unpaired) electrons. The van der Waals surface area contributed by atoms with Gasteiger partial charge in [0.2, 0.25) is 0 Å². The second-order valence-corrected chi connectivity index (χ2v) is 9.78. The summed E-state index contributed by atoms with van der Waals surface area (Å²) in [5.74, 6) is 1.49. The van der Waals surface area contributed by atoms with Gasteiger partial charge in [-0.3, -0.25) is 0 Å². The van der Waals surface area contributed by atoms with Gasteiger partial charge in [-0.15, -0.1) is 0 Å². The van der Waals surface area contributed by atoms with Crippen LogP contribution >= 0.6 is 15.9 Å². The SMILES string of the molecule is COCOc1ccc2ccccc2c1-c1c(OCOC)c2ccc3ccc(Br)cc3c2c2ccccc12. The summed E-state index contributed by atoms with van der Waals surface area (Å²) in [5, 5.41) is 8.90. The molecule has 0 saturated heterocycles. The molecule has 0 unspecified atom stereocenters. The van der Waals surface area contributed by atoms with Crippen LogP contribution in [-0.4, -0.2) is 27.8 Å². The van der Waals surface area contributed by atoms with Crippen molar-refractivity contribution in [2.75, 3.05) is 27.8 Å². The van der Waals surface area contributed by atoms with Gasteiger partial charge in [-0.25, -0.2) is 0 Å². The van der Waals surface area contributed by atoms with Crippen LogP contribution in [0.4, 0.5) is 0 Å². The predicted octanol–water partition coefficient (Wildman–Crippen LogP) is 8.69. The van der Waals surface area contributed by atoms with E-state index >= 15 is 0 Å². The predicted molar refractivity (Wildman–Crippen MR) is 155 cm³/mol. The van der Waals surface area contributed by atoms with Crippen molar-refractivity contribution in [2.24, 2.45) is 0 Å². The first kappa shape index (κ1) is 23.7. The van der Waals surface area contributed by atoms with Gasteiger partial charge in [0.05, 0.1) is 0 Å². The van der Waals surface area contributed by atoms with Gasteiger partial charge in [-0.05, 0) is 56.6 Å². The first-order valence-corrected chi connectivity index (χ1v) is 12.8. The van der Waals surface area contributed by atoms with Gasteiger partial charge in [0, 0.05) is 40.6 Å². The smallest absolute Gasteiger partial charge is 0.188 e. The molecular weight excluding hydrogens is 528 g/mol. The number of hydrogen-bond acceptors (Lipinski definition) is 4.